The van der Waals surface area contributed by atoms with Crippen LogP contribution in [0.4, 0.5) is 4.39 Å². The number of carbonyl (C=O) groups is 1. The van der Waals surface area contributed by atoms with Crippen molar-refractivity contribution in [3.63, 3.8) is 0 Å². The Morgan fingerprint density at radius 3 is 2.64 bits per heavy atom. The first-order valence-corrected chi connectivity index (χ1v) is 7.32. The van der Waals surface area contributed by atoms with E-state index in [1.807, 2.05) is 0 Å². The number of H-pyrrole nitrogens is 1. The van der Waals surface area contributed by atoms with Gasteiger partial charge in [-0.25, -0.2) is 4.39 Å². The number of aromatic amines is 1. The highest BCUT2D eigenvalue weighted by Gasteiger charge is 2.31. The Bertz CT molecular complexity index is 752. The number of rotatable bonds is 2. The second-order valence-corrected chi connectivity index (χ2v) is 5.59. The first-order valence-electron chi connectivity index (χ1n) is 7.32. The third kappa shape index (κ3) is 2.66. The SMILES string of the molecule is Cc1ccc(C(=O)N2CCCC2c2ccc(F)cc2)c(=O)[nH]1. The number of benzene rings is 1. The van der Waals surface area contributed by atoms with E-state index in [1.165, 1.54) is 12.1 Å². The van der Waals surface area contributed by atoms with Gasteiger partial charge in [-0.3, -0.25) is 9.59 Å². The predicted molar refractivity (Wildman–Crippen MR) is 81.2 cm³/mol. The van der Waals surface area contributed by atoms with Gasteiger partial charge in [-0.15, -0.1) is 0 Å². The summed E-state index contributed by atoms with van der Waals surface area (Å²) in [7, 11) is 0. The van der Waals surface area contributed by atoms with Gasteiger partial charge < -0.3 is 9.88 Å². The number of nitrogens with one attached hydrogen (secondary N) is 1. The van der Waals surface area contributed by atoms with E-state index in [2.05, 4.69) is 4.98 Å². The maximum absolute atomic E-state index is 13.1. The van der Waals surface area contributed by atoms with Gasteiger partial charge in [-0.1, -0.05) is 12.1 Å². The van der Waals surface area contributed by atoms with Crippen LogP contribution in [0.2, 0.25) is 0 Å². The Balaban J connectivity index is 1.91. The second kappa shape index (κ2) is 5.75. The van der Waals surface area contributed by atoms with E-state index in [9.17, 15) is 14.0 Å². The van der Waals surface area contributed by atoms with Gasteiger partial charge in [0, 0.05) is 12.2 Å². The van der Waals surface area contributed by atoms with E-state index in [1.54, 1.807) is 36.1 Å². The van der Waals surface area contributed by atoms with Gasteiger partial charge in [0.1, 0.15) is 11.4 Å². The fraction of sp³-hybridized carbons (Fsp3) is 0.294. The number of halogens is 1. The summed E-state index contributed by atoms with van der Waals surface area (Å²) in [4.78, 5) is 29.0. The van der Waals surface area contributed by atoms with Gasteiger partial charge >= 0.3 is 0 Å². The average molecular weight is 300 g/mol. The zero-order valence-electron chi connectivity index (χ0n) is 12.3. The van der Waals surface area contributed by atoms with Gasteiger partial charge in [0.25, 0.3) is 11.5 Å². The molecule has 2 heterocycles. The molecule has 3 rings (SSSR count). The van der Waals surface area contributed by atoms with E-state index in [4.69, 9.17) is 0 Å². The van der Waals surface area contributed by atoms with Gasteiger partial charge in [0.15, 0.2) is 0 Å². The van der Waals surface area contributed by atoms with Gasteiger partial charge in [0.05, 0.1) is 6.04 Å². The third-order valence-electron chi connectivity index (χ3n) is 4.05. The molecule has 1 atom stereocenters. The summed E-state index contributed by atoms with van der Waals surface area (Å²) in [5.41, 5.74) is 1.41. The Morgan fingerprint density at radius 2 is 1.95 bits per heavy atom. The van der Waals surface area contributed by atoms with Crippen molar-refractivity contribution in [1.82, 2.24) is 9.88 Å². The number of aromatic nitrogens is 1. The molecule has 1 aromatic carbocycles. The van der Waals surface area contributed by atoms with Crippen molar-refractivity contribution >= 4 is 5.91 Å². The van der Waals surface area contributed by atoms with Crippen LogP contribution in [0.15, 0.2) is 41.2 Å². The van der Waals surface area contributed by atoms with Crippen LogP contribution >= 0.6 is 0 Å². The molecule has 1 aliphatic heterocycles. The van der Waals surface area contributed by atoms with Gasteiger partial charge in [-0.2, -0.15) is 0 Å². The molecule has 0 saturated carbocycles. The summed E-state index contributed by atoms with van der Waals surface area (Å²) in [6, 6.07) is 9.38. The number of hydrogen-bond donors (Lipinski definition) is 1. The summed E-state index contributed by atoms with van der Waals surface area (Å²) in [6.45, 7) is 2.38. The minimum atomic E-state index is -0.366. The Hall–Kier alpha value is -2.43. The highest BCUT2D eigenvalue weighted by molar-refractivity contribution is 5.94. The zero-order chi connectivity index (χ0) is 15.7. The lowest BCUT2D eigenvalue weighted by molar-refractivity contribution is 0.0734. The summed E-state index contributed by atoms with van der Waals surface area (Å²) in [5, 5.41) is 0. The largest absolute Gasteiger partial charge is 0.331 e. The summed E-state index contributed by atoms with van der Waals surface area (Å²) < 4.78 is 13.1. The molecule has 1 aliphatic rings. The maximum atomic E-state index is 13.1. The smallest absolute Gasteiger partial charge is 0.260 e. The molecule has 5 heteroatoms. The normalized spacial score (nSPS) is 17.7. The van der Waals surface area contributed by atoms with Crippen molar-refractivity contribution in [3.8, 4) is 0 Å². The van der Waals surface area contributed by atoms with Crippen molar-refractivity contribution in [1.29, 1.82) is 0 Å². The van der Waals surface area contributed by atoms with Crippen LogP contribution in [-0.4, -0.2) is 22.3 Å². The number of likely N-dealkylation sites (tertiary alicyclic amines) is 1. The molecule has 0 aliphatic carbocycles. The van der Waals surface area contributed by atoms with E-state index < -0.39 is 0 Å². The number of hydrogen-bond acceptors (Lipinski definition) is 2. The molecule has 1 saturated heterocycles. The minimum absolute atomic E-state index is 0.103. The Kier molecular flexibility index (Phi) is 3.79. The summed E-state index contributed by atoms with van der Waals surface area (Å²) in [5.74, 6) is -0.567. The van der Waals surface area contributed by atoms with Gasteiger partial charge in [0.2, 0.25) is 0 Å². The molecular formula is C17H17FN2O2. The van der Waals surface area contributed by atoms with Crippen molar-refractivity contribution in [3.05, 3.63) is 69.4 Å². The van der Waals surface area contributed by atoms with Crippen LogP contribution in [0.5, 0.6) is 0 Å². The maximum Gasteiger partial charge on any atom is 0.260 e. The number of amides is 1. The van der Waals surface area contributed by atoms with Crippen LogP contribution in [0.1, 0.15) is 40.5 Å². The van der Waals surface area contributed by atoms with E-state index in [0.29, 0.717) is 6.54 Å². The van der Waals surface area contributed by atoms with Crippen molar-refractivity contribution in [2.24, 2.45) is 0 Å². The molecule has 0 bridgehead atoms. The molecule has 1 unspecified atom stereocenters. The molecule has 1 fully saturated rings. The van der Waals surface area contributed by atoms with Crippen LogP contribution in [0.25, 0.3) is 0 Å². The van der Waals surface area contributed by atoms with E-state index in [0.717, 1.165) is 24.1 Å². The summed E-state index contributed by atoms with van der Waals surface area (Å²) in [6.07, 6.45) is 1.69. The molecule has 4 nitrogen and oxygen atoms in total. The lowest BCUT2D eigenvalue weighted by Crippen LogP contribution is -2.34. The van der Waals surface area contributed by atoms with Crippen LogP contribution in [-0.2, 0) is 0 Å². The monoisotopic (exact) mass is 300 g/mol. The van der Waals surface area contributed by atoms with Crippen molar-refractivity contribution < 1.29 is 9.18 Å². The molecule has 114 valence electrons. The van der Waals surface area contributed by atoms with Crippen molar-refractivity contribution in [2.45, 2.75) is 25.8 Å². The first-order chi connectivity index (χ1) is 10.6. The fourth-order valence-electron chi connectivity index (χ4n) is 2.94. The average Bonchev–Trinajstić information content (AvgIpc) is 2.97. The van der Waals surface area contributed by atoms with Crippen LogP contribution in [0.3, 0.4) is 0 Å². The van der Waals surface area contributed by atoms with E-state index >= 15 is 0 Å². The predicted octanol–water partition coefficient (Wildman–Crippen LogP) is 2.80. The highest BCUT2D eigenvalue weighted by atomic mass is 19.1. The quantitative estimate of drug-likeness (QED) is 0.927. The molecule has 0 spiro atoms. The lowest BCUT2D eigenvalue weighted by Gasteiger charge is -2.25. The molecule has 0 radical (unpaired) electrons. The van der Waals surface area contributed by atoms with Crippen molar-refractivity contribution in [2.75, 3.05) is 6.54 Å². The lowest BCUT2D eigenvalue weighted by atomic mass is 10.0. The third-order valence-corrected chi connectivity index (χ3v) is 4.05. The first kappa shape index (κ1) is 14.5. The molecular weight excluding hydrogens is 283 g/mol. The fourth-order valence-corrected chi connectivity index (χ4v) is 2.94. The summed E-state index contributed by atoms with van der Waals surface area (Å²) >= 11 is 0. The van der Waals surface area contributed by atoms with E-state index in [-0.39, 0.29) is 28.9 Å². The minimum Gasteiger partial charge on any atom is -0.331 e. The van der Waals surface area contributed by atoms with Crippen LogP contribution in [0, 0.1) is 12.7 Å². The molecule has 1 N–H and O–H groups in total. The van der Waals surface area contributed by atoms with Gasteiger partial charge in [-0.05, 0) is 49.6 Å². The zero-order valence-corrected chi connectivity index (χ0v) is 12.3. The topological polar surface area (TPSA) is 53.2 Å². The second-order valence-electron chi connectivity index (χ2n) is 5.59. The number of aryl methyl sites for hydroxylation is 1. The Morgan fingerprint density at radius 1 is 1.23 bits per heavy atom. The molecule has 2 aromatic rings. The highest BCUT2D eigenvalue weighted by Crippen LogP contribution is 2.32. The Labute approximate surface area is 127 Å². The van der Waals surface area contributed by atoms with Crippen LogP contribution < -0.4 is 5.56 Å². The standard InChI is InChI=1S/C17H17FN2O2/c1-11-4-9-14(16(21)19-11)17(22)20-10-2-3-15(20)12-5-7-13(18)8-6-12/h4-9,15H,2-3,10H2,1H3,(H,19,21). The molecule has 22 heavy (non-hydrogen) atoms. The number of nitrogens with zero attached hydrogens (tertiary/aromatic N) is 1. The molecule has 1 aromatic heterocycles. The number of carbonyl (C=O) groups excluding carboxylic acids is 1. The number of pyridine rings is 1. The molecule has 1 amide bonds.